The number of hydrogen-bond acceptors (Lipinski definition) is 8. The van der Waals surface area contributed by atoms with Crippen LogP contribution < -0.4 is 10.2 Å². The fraction of sp³-hybridized carbons (Fsp3) is 0.304. The van der Waals surface area contributed by atoms with Gasteiger partial charge >= 0.3 is 29.1 Å². The Labute approximate surface area is 223 Å². The van der Waals surface area contributed by atoms with Crippen LogP contribution in [0.25, 0.3) is 0 Å². The van der Waals surface area contributed by atoms with Crippen molar-refractivity contribution in [1.29, 1.82) is 0 Å². The number of carboxylic acids is 2. The molecule has 0 fully saturated rings. The number of aromatic hydroxyl groups is 2. The summed E-state index contributed by atoms with van der Waals surface area (Å²) in [4.78, 5) is 25.3. The summed E-state index contributed by atoms with van der Waals surface area (Å²) in [5.41, 5.74) is -2.25. The second-order valence-corrected chi connectivity index (χ2v) is 7.21. The van der Waals surface area contributed by atoms with E-state index in [1.165, 1.54) is 13.8 Å². The third kappa shape index (κ3) is 13.6. The van der Waals surface area contributed by atoms with E-state index in [0.29, 0.717) is 0 Å². The standard InChI is InChI=1S/C19H16F6N2O2.2C2H4O2.Co/c1-10-3-14(18(20,21)22)5-12(16(10)28)7-26-9-27-8-13-6-15(19(23,24)25)4-11(2)17(13)29;2*1-2(3)4;/h3-8,28-29H,9H2,1-2H3;2*1H3,(H,3,4);/q;;;+2/p-2. The number of phenols is 2. The Hall–Kier alpha value is -3.59. The normalized spacial score (nSPS) is 11.2. The van der Waals surface area contributed by atoms with Gasteiger partial charge in [-0.2, -0.15) is 26.3 Å². The first kappa shape index (κ1) is 36.6. The Morgan fingerprint density at radius 2 is 1.03 bits per heavy atom. The van der Waals surface area contributed by atoms with E-state index < -0.39 is 35.4 Å². The van der Waals surface area contributed by atoms with Gasteiger partial charge < -0.3 is 30.0 Å². The number of aliphatic imine (C=N–C) groups is 2. The molecule has 1 radical (unpaired) electrons. The van der Waals surface area contributed by atoms with Crippen molar-refractivity contribution in [2.24, 2.45) is 9.98 Å². The molecule has 0 atom stereocenters. The number of alkyl halides is 6. The topological polar surface area (TPSA) is 145 Å². The molecule has 0 amide bonds. The van der Waals surface area contributed by atoms with E-state index in [9.17, 15) is 36.6 Å². The fourth-order valence-corrected chi connectivity index (χ4v) is 2.46. The van der Waals surface area contributed by atoms with Gasteiger partial charge in [-0.15, -0.1) is 0 Å². The smallest absolute Gasteiger partial charge is 0.550 e. The van der Waals surface area contributed by atoms with E-state index in [0.717, 1.165) is 50.5 Å². The first-order valence-electron chi connectivity index (χ1n) is 9.93. The molecule has 0 unspecified atom stereocenters. The Kier molecular flexibility index (Phi) is 15.0. The molecule has 0 aliphatic heterocycles. The number of phenolic OH excluding ortho intramolecular Hbond substituents is 2. The van der Waals surface area contributed by atoms with Gasteiger partial charge in [-0.1, -0.05) is 0 Å². The summed E-state index contributed by atoms with van der Waals surface area (Å²) >= 11 is 0. The zero-order valence-corrected chi connectivity index (χ0v) is 21.2. The maximum Gasteiger partial charge on any atom is 2.00 e. The quantitative estimate of drug-likeness (QED) is 0.411. The number of aryl methyl sites for hydroxylation is 2. The van der Waals surface area contributed by atoms with Crippen molar-refractivity contribution >= 4 is 24.4 Å². The SMILES string of the molecule is CC(=O)[O-].CC(=O)[O-].Cc1cc(C(F)(F)F)cc(C=NCN=Cc2cc(C(F)(F)F)cc(C)c2O)c1O.[Co+2]. The maximum absolute atomic E-state index is 12.8. The molecule has 0 spiro atoms. The molecule has 0 bridgehead atoms. The molecule has 0 heterocycles. The Bertz CT molecular complexity index is 1070. The summed E-state index contributed by atoms with van der Waals surface area (Å²) < 4.78 is 77.1. The molecule has 38 heavy (non-hydrogen) atoms. The summed E-state index contributed by atoms with van der Waals surface area (Å²) in [7, 11) is 0. The van der Waals surface area contributed by atoms with Gasteiger partial charge in [0.05, 0.1) is 11.1 Å². The number of hydrogen-bond donors (Lipinski definition) is 2. The molecule has 0 aromatic heterocycles. The number of aliphatic carboxylic acids is 2. The predicted molar refractivity (Wildman–Crippen MR) is 117 cm³/mol. The number of nitrogens with zero attached hydrogens (tertiary/aromatic N) is 2. The number of carbonyl (C=O) groups is 2. The summed E-state index contributed by atoms with van der Waals surface area (Å²) in [5, 5.41) is 37.5. The summed E-state index contributed by atoms with van der Waals surface area (Å²) in [6.07, 6.45) is -7.24. The summed E-state index contributed by atoms with van der Waals surface area (Å²) in [6, 6.07) is 3.03. The van der Waals surface area contributed by atoms with Gasteiger partial charge in [0.2, 0.25) is 0 Å². The van der Waals surface area contributed by atoms with Crippen LogP contribution in [0.3, 0.4) is 0 Å². The van der Waals surface area contributed by atoms with Crippen molar-refractivity contribution in [3.63, 3.8) is 0 Å². The minimum atomic E-state index is -4.60. The van der Waals surface area contributed by atoms with E-state index in [1.807, 2.05) is 0 Å². The average molecular weight is 595 g/mol. The van der Waals surface area contributed by atoms with Crippen molar-refractivity contribution in [3.05, 3.63) is 57.6 Å². The summed E-state index contributed by atoms with van der Waals surface area (Å²) in [5.74, 6) is -2.92. The van der Waals surface area contributed by atoms with Crippen LogP contribution in [0.5, 0.6) is 11.5 Å². The first-order chi connectivity index (χ1) is 16.8. The Morgan fingerprint density at radius 3 is 1.26 bits per heavy atom. The molecular weight excluding hydrogens is 573 g/mol. The molecular formula is C23H22CoF6N2O6. The first-order valence-corrected chi connectivity index (χ1v) is 9.93. The molecule has 0 saturated carbocycles. The number of rotatable bonds is 4. The molecule has 15 heteroatoms. The fourth-order valence-electron chi connectivity index (χ4n) is 2.46. The minimum absolute atomic E-state index is 0. The van der Waals surface area contributed by atoms with Crippen LogP contribution in [0.2, 0.25) is 0 Å². The van der Waals surface area contributed by atoms with Gasteiger partial charge in [0.15, 0.2) is 0 Å². The van der Waals surface area contributed by atoms with Gasteiger partial charge in [0, 0.05) is 35.5 Å². The zero-order chi connectivity index (χ0) is 29.1. The molecule has 0 aliphatic carbocycles. The number of carboxylic acid groups (broad SMARTS) is 2. The van der Waals surface area contributed by atoms with Gasteiger partial charge in [0.25, 0.3) is 0 Å². The largest absolute Gasteiger partial charge is 2.00 e. The van der Waals surface area contributed by atoms with Gasteiger partial charge in [-0.25, -0.2) is 0 Å². The van der Waals surface area contributed by atoms with Crippen LogP contribution in [-0.2, 0) is 38.7 Å². The van der Waals surface area contributed by atoms with Crippen molar-refractivity contribution in [2.45, 2.75) is 40.0 Å². The van der Waals surface area contributed by atoms with E-state index >= 15 is 0 Å². The minimum Gasteiger partial charge on any atom is -0.550 e. The molecule has 2 aromatic carbocycles. The molecule has 0 saturated heterocycles. The maximum atomic E-state index is 12.8. The van der Waals surface area contributed by atoms with Crippen LogP contribution in [0.1, 0.15) is 47.2 Å². The molecule has 8 nitrogen and oxygen atoms in total. The summed E-state index contributed by atoms with van der Waals surface area (Å²) in [6.45, 7) is 4.21. The predicted octanol–water partition coefficient (Wildman–Crippen LogP) is 2.76. The molecule has 2 aromatic rings. The second-order valence-electron chi connectivity index (χ2n) is 7.21. The Morgan fingerprint density at radius 1 is 0.763 bits per heavy atom. The van der Waals surface area contributed by atoms with Crippen LogP contribution in [-0.4, -0.2) is 41.2 Å². The molecule has 2 rings (SSSR count). The molecule has 2 N–H and O–H groups in total. The van der Waals surface area contributed by atoms with Gasteiger partial charge in [-0.05, 0) is 63.1 Å². The van der Waals surface area contributed by atoms with Crippen molar-refractivity contribution < 1.29 is 73.1 Å². The molecule has 0 aliphatic rings. The van der Waals surface area contributed by atoms with E-state index in [1.54, 1.807) is 0 Å². The van der Waals surface area contributed by atoms with Crippen LogP contribution in [0, 0.1) is 13.8 Å². The average Bonchev–Trinajstić information content (AvgIpc) is 2.71. The van der Waals surface area contributed by atoms with E-state index in [4.69, 9.17) is 19.8 Å². The zero-order valence-electron chi connectivity index (χ0n) is 20.2. The van der Waals surface area contributed by atoms with Crippen molar-refractivity contribution in [1.82, 2.24) is 0 Å². The monoisotopic (exact) mass is 595 g/mol. The molecule has 211 valence electrons. The third-order valence-electron chi connectivity index (χ3n) is 3.94. The van der Waals surface area contributed by atoms with Crippen molar-refractivity contribution in [3.8, 4) is 11.5 Å². The van der Waals surface area contributed by atoms with Crippen molar-refractivity contribution in [2.75, 3.05) is 6.67 Å². The number of carbonyl (C=O) groups excluding carboxylic acids is 2. The Balaban J connectivity index is 0. The second kappa shape index (κ2) is 15.6. The number of halogens is 6. The van der Waals surface area contributed by atoms with E-state index in [-0.39, 0.29) is 57.2 Å². The van der Waals surface area contributed by atoms with Gasteiger partial charge in [0.1, 0.15) is 18.2 Å². The third-order valence-corrected chi connectivity index (χ3v) is 3.94. The van der Waals surface area contributed by atoms with Crippen LogP contribution in [0.4, 0.5) is 26.3 Å². The van der Waals surface area contributed by atoms with Crippen LogP contribution in [0.15, 0.2) is 34.3 Å². The van der Waals surface area contributed by atoms with Gasteiger partial charge in [-0.3, -0.25) is 9.98 Å². The van der Waals surface area contributed by atoms with E-state index in [2.05, 4.69) is 9.98 Å². The van der Waals surface area contributed by atoms with Crippen LogP contribution >= 0.6 is 0 Å². The number of benzene rings is 2.